The Bertz CT molecular complexity index is 915. The van der Waals surface area contributed by atoms with Crippen molar-refractivity contribution in [3.63, 3.8) is 0 Å². The van der Waals surface area contributed by atoms with Crippen molar-refractivity contribution in [1.29, 1.82) is 0 Å². The SMILES string of the molecule is CCCCCCCOc1ccc(C(=O)NC(=S)NNC(=O)c2ccc(OCC(C)C)cc2)cc1. The maximum Gasteiger partial charge on any atom is 0.269 e. The second-order valence-electron chi connectivity index (χ2n) is 8.38. The highest BCUT2D eigenvalue weighted by Crippen LogP contribution is 2.14. The number of amides is 2. The third-order valence-electron chi connectivity index (χ3n) is 4.85. The molecule has 0 saturated carbocycles. The van der Waals surface area contributed by atoms with Crippen LogP contribution in [-0.2, 0) is 0 Å². The molecule has 0 aliphatic carbocycles. The van der Waals surface area contributed by atoms with E-state index >= 15 is 0 Å². The van der Waals surface area contributed by atoms with Crippen molar-refractivity contribution in [3.8, 4) is 11.5 Å². The van der Waals surface area contributed by atoms with Gasteiger partial charge in [0.05, 0.1) is 13.2 Å². The molecule has 0 atom stereocenters. The van der Waals surface area contributed by atoms with E-state index < -0.39 is 0 Å². The summed E-state index contributed by atoms with van der Waals surface area (Å²) in [4.78, 5) is 24.7. The molecule has 34 heavy (non-hydrogen) atoms. The van der Waals surface area contributed by atoms with Crippen LogP contribution in [0.3, 0.4) is 0 Å². The first-order chi connectivity index (χ1) is 16.4. The molecule has 0 spiro atoms. The van der Waals surface area contributed by atoms with Gasteiger partial charge < -0.3 is 9.47 Å². The van der Waals surface area contributed by atoms with Crippen LogP contribution in [0.15, 0.2) is 48.5 Å². The maximum atomic E-state index is 12.4. The number of unbranched alkanes of at least 4 members (excludes halogenated alkanes) is 4. The van der Waals surface area contributed by atoms with E-state index in [1.165, 1.54) is 19.3 Å². The molecule has 0 saturated heterocycles. The highest BCUT2D eigenvalue weighted by atomic mass is 32.1. The Kier molecular flexibility index (Phi) is 11.9. The Hall–Kier alpha value is -3.13. The molecule has 8 heteroatoms. The molecule has 0 bridgehead atoms. The molecule has 184 valence electrons. The standard InChI is InChI=1S/C26H35N3O4S/c1-4-5-6-7-8-17-32-22-13-9-20(10-14-22)24(30)27-26(34)29-28-25(31)21-11-15-23(16-12-21)33-18-19(2)3/h9-16,19H,4-8,17-18H2,1-3H3,(H,28,31)(H2,27,29,30,34). The summed E-state index contributed by atoms with van der Waals surface area (Å²) in [6.07, 6.45) is 5.88. The summed E-state index contributed by atoms with van der Waals surface area (Å²) in [7, 11) is 0. The molecule has 2 amide bonds. The van der Waals surface area contributed by atoms with Gasteiger partial charge >= 0.3 is 0 Å². The summed E-state index contributed by atoms with van der Waals surface area (Å²) in [5, 5.41) is 2.53. The lowest BCUT2D eigenvalue weighted by Crippen LogP contribution is -2.48. The zero-order valence-corrected chi connectivity index (χ0v) is 21.0. The Morgan fingerprint density at radius 3 is 1.94 bits per heavy atom. The first-order valence-electron chi connectivity index (χ1n) is 11.8. The Balaban J connectivity index is 1.71. The van der Waals surface area contributed by atoms with Crippen LogP contribution < -0.4 is 25.6 Å². The summed E-state index contributed by atoms with van der Waals surface area (Å²) in [5.41, 5.74) is 5.87. The van der Waals surface area contributed by atoms with Crippen molar-refractivity contribution in [2.24, 2.45) is 5.92 Å². The summed E-state index contributed by atoms with van der Waals surface area (Å²) in [6.45, 7) is 7.59. The molecule has 0 radical (unpaired) electrons. The van der Waals surface area contributed by atoms with Crippen LogP contribution in [0.25, 0.3) is 0 Å². The van der Waals surface area contributed by atoms with Gasteiger partial charge in [0, 0.05) is 11.1 Å². The average molecular weight is 486 g/mol. The quantitative estimate of drug-likeness (QED) is 0.222. The number of hydrogen-bond donors (Lipinski definition) is 3. The topological polar surface area (TPSA) is 88.7 Å². The van der Waals surface area contributed by atoms with Gasteiger partial charge in [0.2, 0.25) is 0 Å². The monoisotopic (exact) mass is 485 g/mol. The largest absolute Gasteiger partial charge is 0.494 e. The van der Waals surface area contributed by atoms with Crippen LogP contribution in [0.4, 0.5) is 0 Å². The van der Waals surface area contributed by atoms with Gasteiger partial charge in [-0.1, -0.05) is 46.5 Å². The Labute approximate surface area is 207 Å². The van der Waals surface area contributed by atoms with E-state index in [2.05, 4.69) is 36.9 Å². The third-order valence-corrected chi connectivity index (χ3v) is 5.05. The number of carbonyl (C=O) groups excluding carboxylic acids is 2. The minimum absolute atomic E-state index is 0.0114. The molecule has 0 aromatic heterocycles. The van der Waals surface area contributed by atoms with Gasteiger partial charge in [-0.3, -0.25) is 25.8 Å². The summed E-state index contributed by atoms with van der Waals surface area (Å²) in [5.74, 6) is 1.07. The Morgan fingerprint density at radius 2 is 1.35 bits per heavy atom. The van der Waals surface area contributed by atoms with E-state index in [0.717, 1.165) is 18.6 Å². The van der Waals surface area contributed by atoms with E-state index in [0.29, 0.717) is 36.0 Å². The zero-order valence-electron chi connectivity index (χ0n) is 20.2. The number of hydrogen-bond acceptors (Lipinski definition) is 5. The number of ether oxygens (including phenoxy) is 2. The van der Waals surface area contributed by atoms with Gasteiger partial charge in [-0.25, -0.2) is 0 Å². The van der Waals surface area contributed by atoms with Crippen LogP contribution >= 0.6 is 12.2 Å². The number of thiocarbonyl (C=S) groups is 1. The molecule has 0 aliphatic rings. The minimum Gasteiger partial charge on any atom is -0.494 e. The molecule has 2 aromatic rings. The first kappa shape index (κ1) is 27.1. The molecule has 2 rings (SSSR count). The summed E-state index contributed by atoms with van der Waals surface area (Å²) < 4.78 is 11.3. The van der Waals surface area contributed by atoms with Gasteiger partial charge in [-0.05, 0) is 73.1 Å². The van der Waals surface area contributed by atoms with E-state index in [4.69, 9.17) is 21.7 Å². The van der Waals surface area contributed by atoms with Gasteiger partial charge in [-0.2, -0.15) is 0 Å². The summed E-state index contributed by atoms with van der Waals surface area (Å²) in [6, 6.07) is 13.6. The van der Waals surface area contributed by atoms with Crippen molar-refractivity contribution in [1.82, 2.24) is 16.2 Å². The smallest absolute Gasteiger partial charge is 0.269 e. The van der Waals surface area contributed by atoms with Crippen molar-refractivity contribution >= 4 is 29.1 Å². The van der Waals surface area contributed by atoms with Gasteiger partial charge in [0.1, 0.15) is 11.5 Å². The number of hydrazine groups is 1. The molecule has 0 aliphatic heterocycles. The third kappa shape index (κ3) is 10.2. The lowest BCUT2D eigenvalue weighted by Gasteiger charge is -2.12. The predicted molar refractivity (Wildman–Crippen MR) is 138 cm³/mol. The predicted octanol–water partition coefficient (Wildman–Crippen LogP) is 5.02. The van der Waals surface area contributed by atoms with Crippen LogP contribution in [0.2, 0.25) is 0 Å². The normalized spacial score (nSPS) is 10.5. The lowest BCUT2D eigenvalue weighted by atomic mass is 10.2. The molecular weight excluding hydrogens is 450 g/mol. The molecule has 3 N–H and O–H groups in total. The van der Waals surface area contributed by atoms with Gasteiger partial charge in [-0.15, -0.1) is 0 Å². The number of carbonyl (C=O) groups is 2. The molecule has 7 nitrogen and oxygen atoms in total. The molecule has 2 aromatic carbocycles. The van der Waals surface area contributed by atoms with E-state index in [9.17, 15) is 9.59 Å². The van der Waals surface area contributed by atoms with Gasteiger partial charge in [0.15, 0.2) is 5.11 Å². The Morgan fingerprint density at radius 1 is 0.794 bits per heavy atom. The number of rotatable bonds is 12. The van der Waals surface area contributed by atoms with Crippen LogP contribution in [0.1, 0.15) is 73.6 Å². The summed E-state index contributed by atoms with van der Waals surface area (Å²) >= 11 is 5.10. The number of nitrogens with one attached hydrogen (secondary N) is 3. The zero-order chi connectivity index (χ0) is 24.8. The fraction of sp³-hybridized carbons (Fsp3) is 0.423. The van der Waals surface area contributed by atoms with E-state index in [-0.39, 0.29) is 16.9 Å². The average Bonchev–Trinajstić information content (AvgIpc) is 2.84. The minimum atomic E-state index is -0.386. The molecular formula is C26H35N3O4S. The fourth-order valence-corrected chi connectivity index (χ4v) is 3.10. The van der Waals surface area contributed by atoms with Crippen molar-refractivity contribution < 1.29 is 19.1 Å². The highest BCUT2D eigenvalue weighted by molar-refractivity contribution is 7.80. The van der Waals surface area contributed by atoms with Crippen molar-refractivity contribution in [2.75, 3.05) is 13.2 Å². The second kappa shape index (κ2) is 14.9. The molecule has 0 fully saturated rings. The van der Waals surface area contributed by atoms with Crippen LogP contribution in [0, 0.1) is 5.92 Å². The highest BCUT2D eigenvalue weighted by Gasteiger charge is 2.10. The van der Waals surface area contributed by atoms with E-state index in [1.807, 2.05) is 0 Å². The van der Waals surface area contributed by atoms with Crippen molar-refractivity contribution in [2.45, 2.75) is 52.9 Å². The lowest BCUT2D eigenvalue weighted by molar-refractivity contribution is 0.0934. The van der Waals surface area contributed by atoms with Gasteiger partial charge in [0.25, 0.3) is 11.8 Å². The first-order valence-corrected chi connectivity index (χ1v) is 12.2. The van der Waals surface area contributed by atoms with Crippen molar-refractivity contribution in [3.05, 3.63) is 59.7 Å². The molecule has 0 heterocycles. The molecule has 0 unspecified atom stereocenters. The maximum absolute atomic E-state index is 12.4. The van der Waals surface area contributed by atoms with Crippen LogP contribution in [0.5, 0.6) is 11.5 Å². The number of benzene rings is 2. The second-order valence-corrected chi connectivity index (χ2v) is 8.79. The van der Waals surface area contributed by atoms with Crippen LogP contribution in [-0.4, -0.2) is 30.1 Å². The fourth-order valence-electron chi connectivity index (χ4n) is 2.96. The van der Waals surface area contributed by atoms with E-state index in [1.54, 1.807) is 48.5 Å².